The molecule has 168 valence electrons. The lowest BCUT2D eigenvalue weighted by Crippen LogP contribution is -2.42. The van der Waals surface area contributed by atoms with Crippen molar-refractivity contribution in [1.82, 2.24) is 15.1 Å². The number of carbonyl (C=O) groups is 1. The van der Waals surface area contributed by atoms with Gasteiger partial charge in [0.2, 0.25) is 5.91 Å². The van der Waals surface area contributed by atoms with Gasteiger partial charge in [0.05, 0.1) is 0 Å². The van der Waals surface area contributed by atoms with Crippen molar-refractivity contribution in [3.05, 3.63) is 65.7 Å². The summed E-state index contributed by atoms with van der Waals surface area (Å²) in [5.74, 6) is 1.28. The van der Waals surface area contributed by atoms with E-state index in [-0.39, 0.29) is 11.8 Å². The zero-order chi connectivity index (χ0) is 21.9. The number of nitrogens with one attached hydrogen (secondary N) is 1. The van der Waals surface area contributed by atoms with Crippen LogP contribution in [-0.4, -0.2) is 55.0 Å². The smallest absolute Gasteiger partial charge is 0.223 e. The molecular formula is C26H37N3O2. The molecule has 1 saturated heterocycles. The maximum absolute atomic E-state index is 12.5. The third kappa shape index (κ3) is 7.67. The third-order valence-electron chi connectivity index (χ3n) is 6.13. The van der Waals surface area contributed by atoms with Crippen molar-refractivity contribution in [3.63, 3.8) is 0 Å². The lowest BCUT2D eigenvalue weighted by molar-refractivity contribution is -0.126. The fourth-order valence-electron chi connectivity index (χ4n) is 4.11. The Morgan fingerprint density at radius 1 is 1.03 bits per heavy atom. The highest BCUT2D eigenvalue weighted by Crippen LogP contribution is 2.21. The van der Waals surface area contributed by atoms with E-state index in [2.05, 4.69) is 59.3 Å². The second-order valence-electron chi connectivity index (χ2n) is 8.29. The number of likely N-dealkylation sites (tertiary alicyclic amines) is 1. The summed E-state index contributed by atoms with van der Waals surface area (Å²) in [6.07, 6.45) is 1.86. The van der Waals surface area contributed by atoms with Crippen LogP contribution < -0.4 is 10.1 Å². The molecule has 1 heterocycles. The summed E-state index contributed by atoms with van der Waals surface area (Å²) in [7, 11) is 0. The summed E-state index contributed by atoms with van der Waals surface area (Å²) >= 11 is 0. The van der Waals surface area contributed by atoms with Crippen molar-refractivity contribution in [3.8, 4) is 5.75 Å². The van der Waals surface area contributed by atoms with Gasteiger partial charge in [-0.2, -0.15) is 0 Å². The van der Waals surface area contributed by atoms with Crippen molar-refractivity contribution >= 4 is 5.91 Å². The van der Waals surface area contributed by atoms with E-state index in [1.54, 1.807) is 0 Å². The molecule has 1 fully saturated rings. The Morgan fingerprint density at radius 3 is 2.45 bits per heavy atom. The van der Waals surface area contributed by atoms with Crippen LogP contribution in [0, 0.1) is 5.92 Å². The standard InChI is InChI=1S/C26H37N3O2/c1-3-28(4-2)18-15-27-26(30)24-13-16-29(17-14-24)20-23-11-8-12-25(19-23)31-21-22-9-6-5-7-10-22/h5-12,19,24H,3-4,13-18,20-21H2,1-2H3,(H,27,30). The summed E-state index contributed by atoms with van der Waals surface area (Å²) in [5.41, 5.74) is 2.43. The molecule has 1 aliphatic heterocycles. The van der Waals surface area contributed by atoms with Crippen molar-refractivity contribution in [2.45, 2.75) is 39.8 Å². The average Bonchev–Trinajstić information content (AvgIpc) is 2.82. The zero-order valence-corrected chi connectivity index (χ0v) is 19.1. The van der Waals surface area contributed by atoms with Gasteiger partial charge in [0.15, 0.2) is 0 Å². The second-order valence-corrected chi connectivity index (χ2v) is 8.29. The summed E-state index contributed by atoms with van der Waals surface area (Å²) < 4.78 is 5.97. The van der Waals surface area contributed by atoms with Crippen LogP contribution >= 0.6 is 0 Å². The molecule has 0 bridgehead atoms. The quantitative estimate of drug-likeness (QED) is 0.595. The molecule has 0 aromatic heterocycles. The van der Waals surface area contributed by atoms with E-state index in [4.69, 9.17) is 4.74 Å². The van der Waals surface area contributed by atoms with Gasteiger partial charge in [-0.15, -0.1) is 0 Å². The van der Waals surface area contributed by atoms with Gasteiger partial charge < -0.3 is 15.0 Å². The maximum atomic E-state index is 12.5. The molecule has 2 aromatic carbocycles. The molecule has 2 aromatic rings. The van der Waals surface area contributed by atoms with Crippen molar-refractivity contribution in [2.24, 2.45) is 5.92 Å². The molecule has 1 amide bonds. The molecule has 0 unspecified atom stereocenters. The molecule has 5 nitrogen and oxygen atoms in total. The van der Waals surface area contributed by atoms with Crippen molar-refractivity contribution in [1.29, 1.82) is 0 Å². The summed E-state index contributed by atoms with van der Waals surface area (Å²) in [4.78, 5) is 17.3. The highest BCUT2D eigenvalue weighted by molar-refractivity contribution is 5.78. The molecule has 0 saturated carbocycles. The number of nitrogens with zero attached hydrogens (tertiary/aromatic N) is 2. The van der Waals surface area contributed by atoms with Crippen LogP contribution in [0.5, 0.6) is 5.75 Å². The summed E-state index contributed by atoms with van der Waals surface area (Å²) in [6.45, 7) is 11.5. The van der Waals surface area contributed by atoms with Crippen LogP contribution in [0.25, 0.3) is 0 Å². The van der Waals surface area contributed by atoms with Crippen LogP contribution in [0.4, 0.5) is 0 Å². The van der Waals surface area contributed by atoms with Crippen LogP contribution in [0.2, 0.25) is 0 Å². The second kappa shape index (κ2) is 12.5. The Labute approximate surface area is 187 Å². The number of rotatable bonds is 11. The largest absolute Gasteiger partial charge is 0.489 e. The van der Waals surface area contributed by atoms with E-state index in [1.807, 2.05) is 24.3 Å². The molecule has 1 N–H and O–H groups in total. The third-order valence-corrected chi connectivity index (χ3v) is 6.13. The number of hydrogen-bond acceptors (Lipinski definition) is 4. The van der Waals surface area contributed by atoms with Crippen molar-refractivity contribution < 1.29 is 9.53 Å². The molecule has 0 radical (unpaired) electrons. The van der Waals surface area contributed by atoms with E-state index in [9.17, 15) is 4.79 Å². The molecule has 0 aliphatic carbocycles. The van der Waals surface area contributed by atoms with E-state index >= 15 is 0 Å². The number of piperidine rings is 1. The average molecular weight is 424 g/mol. The van der Waals surface area contributed by atoms with Gasteiger partial charge in [0, 0.05) is 25.6 Å². The normalized spacial score (nSPS) is 15.2. The van der Waals surface area contributed by atoms with Crippen LogP contribution in [0.3, 0.4) is 0 Å². The monoisotopic (exact) mass is 423 g/mol. The van der Waals surface area contributed by atoms with Gasteiger partial charge in [0.1, 0.15) is 12.4 Å². The Bertz CT molecular complexity index is 784. The fraction of sp³-hybridized carbons (Fsp3) is 0.500. The minimum atomic E-state index is 0.147. The number of amides is 1. The predicted molar refractivity (Wildman–Crippen MR) is 126 cm³/mol. The fourth-order valence-corrected chi connectivity index (χ4v) is 4.11. The van der Waals surface area contributed by atoms with Crippen molar-refractivity contribution in [2.75, 3.05) is 39.3 Å². The number of carbonyl (C=O) groups excluding carboxylic acids is 1. The molecular weight excluding hydrogens is 386 g/mol. The molecule has 5 heteroatoms. The first-order valence-electron chi connectivity index (χ1n) is 11.7. The molecule has 0 atom stereocenters. The summed E-state index contributed by atoms with van der Waals surface area (Å²) in [5, 5.41) is 3.14. The Balaban J connectivity index is 1.40. The maximum Gasteiger partial charge on any atom is 0.223 e. The number of hydrogen-bond donors (Lipinski definition) is 1. The van der Waals surface area contributed by atoms with E-state index < -0.39 is 0 Å². The minimum absolute atomic E-state index is 0.147. The first-order valence-corrected chi connectivity index (χ1v) is 11.7. The van der Waals surface area contributed by atoms with Gasteiger partial charge in [-0.25, -0.2) is 0 Å². The number of benzene rings is 2. The Kier molecular flexibility index (Phi) is 9.38. The molecule has 31 heavy (non-hydrogen) atoms. The van der Waals surface area contributed by atoms with Crippen LogP contribution in [0.15, 0.2) is 54.6 Å². The molecule has 1 aliphatic rings. The Hall–Kier alpha value is -2.37. The lowest BCUT2D eigenvalue weighted by Gasteiger charge is -2.31. The van der Waals surface area contributed by atoms with Gasteiger partial charge in [-0.05, 0) is 62.3 Å². The van der Waals surface area contributed by atoms with Crippen LogP contribution in [0.1, 0.15) is 37.8 Å². The van der Waals surface area contributed by atoms with Gasteiger partial charge in [0.25, 0.3) is 0 Å². The van der Waals surface area contributed by atoms with Gasteiger partial charge in [-0.3, -0.25) is 9.69 Å². The minimum Gasteiger partial charge on any atom is -0.489 e. The highest BCUT2D eigenvalue weighted by atomic mass is 16.5. The summed E-state index contributed by atoms with van der Waals surface area (Å²) in [6, 6.07) is 18.6. The van der Waals surface area contributed by atoms with E-state index in [0.717, 1.165) is 64.4 Å². The Morgan fingerprint density at radius 2 is 1.74 bits per heavy atom. The highest BCUT2D eigenvalue weighted by Gasteiger charge is 2.24. The van der Waals surface area contributed by atoms with E-state index in [0.29, 0.717) is 6.61 Å². The first-order chi connectivity index (χ1) is 15.2. The van der Waals surface area contributed by atoms with Gasteiger partial charge in [-0.1, -0.05) is 56.3 Å². The molecule has 3 rings (SSSR count). The zero-order valence-electron chi connectivity index (χ0n) is 19.1. The van der Waals surface area contributed by atoms with Gasteiger partial charge >= 0.3 is 0 Å². The number of likely N-dealkylation sites (N-methyl/N-ethyl adjacent to an activating group) is 1. The first kappa shape index (κ1) is 23.3. The van der Waals surface area contributed by atoms with E-state index in [1.165, 1.54) is 11.1 Å². The van der Waals surface area contributed by atoms with Crippen LogP contribution in [-0.2, 0) is 17.9 Å². The topological polar surface area (TPSA) is 44.8 Å². The SMILES string of the molecule is CCN(CC)CCNC(=O)C1CCN(Cc2cccc(OCc3ccccc3)c2)CC1. The predicted octanol–water partition coefficient (Wildman–Crippen LogP) is 3.94. The molecule has 0 spiro atoms. The lowest BCUT2D eigenvalue weighted by atomic mass is 9.95. The number of ether oxygens (including phenoxy) is 1.